The van der Waals surface area contributed by atoms with Crippen molar-refractivity contribution in [3.8, 4) is 0 Å². The average molecular weight is 254 g/mol. The number of aryl methyl sites for hydroxylation is 1. The lowest BCUT2D eigenvalue weighted by atomic mass is 10.3. The smallest absolute Gasteiger partial charge is 0.301 e. The van der Waals surface area contributed by atoms with Gasteiger partial charge in [-0.25, -0.2) is 4.98 Å². The molecule has 1 saturated heterocycles. The van der Waals surface area contributed by atoms with E-state index in [0.29, 0.717) is 5.03 Å². The Kier molecular flexibility index (Phi) is 3.63. The molecule has 0 radical (unpaired) electrons. The second-order valence-electron chi connectivity index (χ2n) is 4.11. The molecular formula is C11H14N2O3S. The highest BCUT2D eigenvalue weighted by molar-refractivity contribution is 8.00. The first-order valence-electron chi connectivity index (χ1n) is 5.47. The molecule has 0 amide bonds. The molecule has 0 bridgehead atoms. The Hall–Kier alpha value is -1.14. The third-order valence-corrected chi connectivity index (χ3v) is 4.19. The summed E-state index contributed by atoms with van der Waals surface area (Å²) in [5, 5.41) is 11.7. The van der Waals surface area contributed by atoms with Crippen molar-refractivity contribution in [2.45, 2.75) is 36.6 Å². The molecule has 0 N–H and O–H groups in total. The highest BCUT2D eigenvalue weighted by atomic mass is 32.2. The number of ether oxygens (including phenoxy) is 1. The molecule has 1 fully saturated rings. The summed E-state index contributed by atoms with van der Waals surface area (Å²) in [7, 11) is 0. The van der Waals surface area contributed by atoms with Crippen molar-refractivity contribution in [2.24, 2.45) is 0 Å². The molecule has 2 atom stereocenters. The van der Waals surface area contributed by atoms with Crippen LogP contribution in [0.15, 0.2) is 17.3 Å². The molecular weight excluding hydrogens is 240 g/mol. The maximum atomic E-state index is 11.0. The topological polar surface area (TPSA) is 65.3 Å². The highest BCUT2D eigenvalue weighted by Crippen LogP contribution is 2.36. The monoisotopic (exact) mass is 254 g/mol. The van der Waals surface area contributed by atoms with Crippen molar-refractivity contribution in [3.63, 3.8) is 0 Å². The van der Waals surface area contributed by atoms with Gasteiger partial charge in [0.15, 0.2) is 5.03 Å². The maximum absolute atomic E-state index is 11.0. The molecule has 2 heterocycles. The molecule has 17 heavy (non-hydrogen) atoms. The predicted molar refractivity (Wildman–Crippen MR) is 65.3 cm³/mol. The minimum Gasteiger partial charge on any atom is -0.377 e. The lowest BCUT2D eigenvalue weighted by Gasteiger charge is -2.12. The molecule has 2 rings (SSSR count). The second-order valence-corrected chi connectivity index (χ2v) is 5.34. The summed E-state index contributed by atoms with van der Waals surface area (Å²) in [6.07, 6.45) is 2.71. The average Bonchev–Trinajstić information content (AvgIpc) is 2.67. The van der Waals surface area contributed by atoms with Crippen molar-refractivity contribution in [3.05, 3.63) is 27.9 Å². The van der Waals surface area contributed by atoms with Crippen LogP contribution >= 0.6 is 11.8 Å². The first kappa shape index (κ1) is 12.3. The van der Waals surface area contributed by atoms with E-state index in [9.17, 15) is 10.1 Å². The van der Waals surface area contributed by atoms with Crippen LogP contribution in [-0.4, -0.2) is 27.9 Å². The zero-order chi connectivity index (χ0) is 12.4. The molecule has 0 spiro atoms. The number of thioether (sulfide) groups is 1. The van der Waals surface area contributed by atoms with Crippen LogP contribution < -0.4 is 0 Å². The predicted octanol–water partition coefficient (Wildman–Crippen LogP) is 2.57. The van der Waals surface area contributed by atoms with Gasteiger partial charge in [0.1, 0.15) is 0 Å². The molecule has 1 aromatic heterocycles. The van der Waals surface area contributed by atoms with E-state index >= 15 is 0 Å². The van der Waals surface area contributed by atoms with Crippen LogP contribution in [0, 0.1) is 17.0 Å². The number of aromatic nitrogens is 1. The van der Waals surface area contributed by atoms with Gasteiger partial charge in [-0.2, -0.15) is 0 Å². The number of pyridine rings is 1. The van der Waals surface area contributed by atoms with Crippen molar-refractivity contribution < 1.29 is 9.66 Å². The highest BCUT2D eigenvalue weighted by Gasteiger charge is 2.28. The zero-order valence-electron chi connectivity index (χ0n) is 9.75. The van der Waals surface area contributed by atoms with Gasteiger partial charge in [-0.1, -0.05) is 11.8 Å². The Morgan fingerprint density at radius 3 is 3.00 bits per heavy atom. The maximum Gasteiger partial charge on any atom is 0.301 e. The summed E-state index contributed by atoms with van der Waals surface area (Å²) >= 11 is 1.45. The molecule has 1 aliphatic heterocycles. The fourth-order valence-electron chi connectivity index (χ4n) is 1.77. The Morgan fingerprint density at radius 2 is 2.41 bits per heavy atom. The van der Waals surface area contributed by atoms with Gasteiger partial charge in [-0.3, -0.25) is 10.1 Å². The second kappa shape index (κ2) is 5.01. The zero-order valence-corrected chi connectivity index (χ0v) is 10.6. The largest absolute Gasteiger partial charge is 0.377 e. The summed E-state index contributed by atoms with van der Waals surface area (Å²) < 4.78 is 5.44. The molecule has 5 nitrogen and oxygen atoms in total. The number of rotatable bonds is 3. The van der Waals surface area contributed by atoms with E-state index in [1.165, 1.54) is 11.8 Å². The Labute approximate surface area is 104 Å². The molecule has 0 aromatic carbocycles. The SMILES string of the molecule is Cc1cnc(S[C@H]2CCO[C@@H]2C)c([N+](=O)[O-])c1. The van der Waals surface area contributed by atoms with Gasteiger partial charge in [0, 0.05) is 24.1 Å². The normalized spacial score (nSPS) is 23.9. The van der Waals surface area contributed by atoms with Crippen LogP contribution in [0.2, 0.25) is 0 Å². The number of nitrogens with zero attached hydrogens (tertiary/aromatic N) is 2. The number of hydrogen-bond acceptors (Lipinski definition) is 5. The molecule has 1 aromatic rings. The van der Waals surface area contributed by atoms with E-state index in [0.717, 1.165) is 18.6 Å². The van der Waals surface area contributed by atoms with Gasteiger partial charge in [0.2, 0.25) is 0 Å². The van der Waals surface area contributed by atoms with Crippen LogP contribution in [0.25, 0.3) is 0 Å². The van der Waals surface area contributed by atoms with Crippen LogP contribution in [0.5, 0.6) is 0 Å². The van der Waals surface area contributed by atoms with E-state index in [-0.39, 0.29) is 22.0 Å². The van der Waals surface area contributed by atoms with Crippen molar-refractivity contribution in [2.75, 3.05) is 6.61 Å². The van der Waals surface area contributed by atoms with E-state index in [2.05, 4.69) is 4.98 Å². The fraction of sp³-hybridized carbons (Fsp3) is 0.545. The van der Waals surface area contributed by atoms with Crippen LogP contribution in [0.4, 0.5) is 5.69 Å². The van der Waals surface area contributed by atoms with Gasteiger partial charge in [-0.15, -0.1) is 0 Å². The summed E-state index contributed by atoms with van der Waals surface area (Å²) in [6.45, 7) is 4.51. The lowest BCUT2D eigenvalue weighted by molar-refractivity contribution is -0.388. The van der Waals surface area contributed by atoms with E-state index in [4.69, 9.17) is 4.74 Å². The van der Waals surface area contributed by atoms with E-state index in [1.54, 1.807) is 19.2 Å². The van der Waals surface area contributed by atoms with Crippen molar-refractivity contribution >= 4 is 17.4 Å². The van der Waals surface area contributed by atoms with Gasteiger partial charge in [-0.05, 0) is 25.8 Å². The number of hydrogen-bond donors (Lipinski definition) is 0. The fourth-order valence-corrected chi connectivity index (χ4v) is 2.91. The van der Waals surface area contributed by atoms with Gasteiger partial charge in [0.25, 0.3) is 0 Å². The van der Waals surface area contributed by atoms with E-state index < -0.39 is 0 Å². The minimum absolute atomic E-state index is 0.0918. The lowest BCUT2D eigenvalue weighted by Crippen LogP contribution is -2.13. The van der Waals surface area contributed by atoms with Gasteiger partial charge in [0.05, 0.1) is 11.0 Å². The van der Waals surface area contributed by atoms with Gasteiger partial charge < -0.3 is 4.74 Å². The van der Waals surface area contributed by atoms with Gasteiger partial charge >= 0.3 is 5.69 Å². The van der Waals surface area contributed by atoms with Crippen LogP contribution in [0.1, 0.15) is 18.9 Å². The third kappa shape index (κ3) is 2.76. The van der Waals surface area contributed by atoms with Crippen molar-refractivity contribution in [1.29, 1.82) is 0 Å². The van der Waals surface area contributed by atoms with Crippen LogP contribution in [0.3, 0.4) is 0 Å². The molecule has 92 valence electrons. The summed E-state index contributed by atoms with van der Waals surface area (Å²) in [4.78, 5) is 14.7. The number of nitro groups is 1. The molecule has 1 aliphatic rings. The first-order chi connectivity index (χ1) is 8.08. The van der Waals surface area contributed by atoms with E-state index in [1.807, 2.05) is 6.92 Å². The molecule has 0 aliphatic carbocycles. The van der Waals surface area contributed by atoms with Crippen molar-refractivity contribution in [1.82, 2.24) is 4.98 Å². The molecule has 0 unspecified atom stereocenters. The summed E-state index contributed by atoms with van der Waals surface area (Å²) in [5.74, 6) is 0. The minimum atomic E-state index is -0.372. The Bertz CT molecular complexity index is 439. The third-order valence-electron chi connectivity index (χ3n) is 2.74. The first-order valence-corrected chi connectivity index (χ1v) is 6.35. The summed E-state index contributed by atoms with van der Waals surface area (Å²) in [5.41, 5.74) is 0.894. The standard InChI is InChI=1S/C11H14N2O3S/c1-7-5-9(13(14)15)11(12-6-7)17-10-3-4-16-8(10)2/h5-6,8,10H,3-4H2,1-2H3/t8-,10+/m1/s1. The summed E-state index contributed by atoms with van der Waals surface area (Å²) in [6, 6.07) is 1.57. The molecule has 0 saturated carbocycles. The Balaban J connectivity index is 2.22. The quantitative estimate of drug-likeness (QED) is 0.612. The molecule has 6 heteroatoms. The Morgan fingerprint density at radius 1 is 1.65 bits per heavy atom. The van der Waals surface area contributed by atoms with Crippen LogP contribution in [-0.2, 0) is 4.74 Å².